The van der Waals surface area contributed by atoms with E-state index in [0.717, 1.165) is 0 Å². The molecule has 0 atom stereocenters. The van der Waals surface area contributed by atoms with E-state index in [2.05, 4.69) is 4.98 Å². The van der Waals surface area contributed by atoms with Crippen molar-refractivity contribution in [3.63, 3.8) is 0 Å². The number of fused-ring (bicyclic) bond motifs is 1. The summed E-state index contributed by atoms with van der Waals surface area (Å²) in [6, 6.07) is 3.89. The van der Waals surface area contributed by atoms with Crippen molar-refractivity contribution in [2.75, 3.05) is 0 Å². The molecule has 5 heteroatoms. The Balaban J connectivity index is 2.47. The molecular weight excluding hydrogens is 193 g/mol. The fraction of sp³-hybridized carbons (Fsp3) is 0.222. The lowest BCUT2D eigenvalue weighted by Gasteiger charge is -2.01. The van der Waals surface area contributed by atoms with Gasteiger partial charge in [-0.1, -0.05) is 0 Å². The van der Waals surface area contributed by atoms with Gasteiger partial charge in [0.2, 0.25) is 0 Å². The van der Waals surface area contributed by atoms with Crippen molar-refractivity contribution < 1.29 is 13.2 Å². The highest BCUT2D eigenvalue weighted by Crippen LogP contribution is 2.15. The van der Waals surface area contributed by atoms with Crippen molar-refractivity contribution in [3.05, 3.63) is 30.3 Å². The van der Waals surface area contributed by atoms with Crippen LogP contribution in [-0.4, -0.2) is 16.0 Å². The summed E-state index contributed by atoms with van der Waals surface area (Å²) in [4.78, 5) is 3.82. The van der Waals surface area contributed by atoms with E-state index in [9.17, 15) is 13.2 Å². The predicted molar refractivity (Wildman–Crippen MR) is 45.7 cm³/mol. The highest BCUT2D eigenvalue weighted by Gasteiger charge is 2.08. The second-order valence-electron chi connectivity index (χ2n) is 2.92. The second-order valence-corrected chi connectivity index (χ2v) is 2.92. The van der Waals surface area contributed by atoms with Gasteiger partial charge >= 0.3 is 0 Å². The Bertz CT molecular complexity index is 450. The molecule has 2 rings (SSSR count). The maximum Gasteiger partial charge on any atom is 0.256 e. The summed E-state index contributed by atoms with van der Waals surface area (Å²) in [6.45, 7) is -0.415. The van der Waals surface area contributed by atoms with Crippen LogP contribution in [0.25, 0.3) is 11.0 Å². The molecule has 2 nitrogen and oxygen atoms in total. The number of hydrogen-bond donors (Lipinski definition) is 0. The van der Waals surface area contributed by atoms with Gasteiger partial charge in [-0.05, 0) is 12.1 Å². The monoisotopic (exact) mass is 200 g/mol. The summed E-state index contributed by atoms with van der Waals surface area (Å²) in [7, 11) is 0. The van der Waals surface area contributed by atoms with Crippen LogP contribution in [0, 0.1) is 5.82 Å². The van der Waals surface area contributed by atoms with Crippen LogP contribution in [0.4, 0.5) is 13.2 Å². The zero-order valence-corrected chi connectivity index (χ0v) is 7.12. The molecule has 0 N–H and O–H groups in total. The molecule has 0 radical (unpaired) electrons. The van der Waals surface area contributed by atoms with Crippen molar-refractivity contribution in [2.24, 2.45) is 0 Å². The number of imidazole rings is 1. The first-order valence-corrected chi connectivity index (χ1v) is 4.05. The highest BCUT2D eigenvalue weighted by atomic mass is 19.3. The summed E-state index contributed by atoms with van der Waals surface area (Å²) >= 11 is 0. The number of nitrogens with zero attached hydrogens (tertiary/aromatic N) is 2. The molecule has 1 aromatic carbocycles. The molecule has 0 aliphatic carbocycles. The minimum absolute atomic E-state index is 0.394. The zero-order chi connectivity index (χ0) is 10.1. The van der Waals surface area contributed by atoms with Gasteiger partial charge in [0.1, 0.15) is 5.82 Å². The smallest absolute Gasteiger partial charge is 0.256 e. The van der Waals surface area contributed by atoms with Crippen molar-refractivity contribution in [1.82, 2.24) is 9.55 Å². The summed E-state index contributed by atoms with van der Waals surface area (Å²) in [5, 5.41) is 0. The van der Waals surface area contributed by atoms with Crippen LogP contribution >= 0.6 is 0 Å². The Morgan fingerprint density at radius 3 is 2.86 bits per heavy atom. The molecule has 0 saturated carbocycles. The van der Waals surface area contributed by atoms with Gasteiger partial charge in [0.05, 0.1) is 23.9 Å². The molecule has 0 spiro atoms. The number of rotatable bonds is 2. The van der Waals surface area contributed by atoms with Gasteiger partial charge in [-0.2, -0.15) is 0 Å². The van der Waals surface area contributed by atoms with Gasteiger partial charge in [0.25, 0.3) is 6.43 Å². The van der Waals surface area contributed by atoms with Gasteiger partial charge in [0.15, 0.2) is 0 Å². The van der Waals surface area contributed by atoms with E-state index in [4.69, 9.17) is 0 Å². The first-order chi connectivity index (χ1) is 6.66. The van der Waals surface area contributed by atoms with Crippen LogP contribution in [-0.2, 0) is 6.54 Å². The fourth-order valence-electron chi connectivity index (χ4n) is 1.33. The quantitative estimate of drug-likeness (QED) is 0.728. The van der Waals surface area contributed by atoms with Crippen molar-refractivity contribution in [3.8, 4) is 0 Å². The molecule has 2 aromatic rings. The van der Waals surface area contributed by atoms with Crippen LogP contribution in [0.2, 0.25) is 0 Å². The lowest BCUT2D eigenvalue weighted by atomic mass is 10.3. The normalized spacial score (nSPS) is 11.4. The van der Waals surface area contributed by atoms with E-state index in [1.54, 1.807) is 0 Å². The molecule has 0 bridgehead atoms. The lowest BCUT2D eigenvalue weighted by molar-refractivity contribution is 0.128. The Labute approximate surface area is 78.0 Å². The minimum Gasteiger partial charge on any atom is -0.325 e. The second kappa shape index (κ2) is 3.32. The molecule has 0 amide bonds. The number of alkyl halides is 2. The molecule has 0 aliphatic rings. The molecule has 14 heavy (non-hydrogen) atoms. The topological polar surface area (TPSA) is 17.8 Å². The summed E-state index contributed by atoms with van der Waals surface area (Å²) < 4.78 is 38.2. The third-order valence-electron chi connectivity index (χ3n) is 1.92. The van der Waals surface area contributed by atoms with E-state index in [0.29, 0.717) is 11.0 Å². The summed E-state index contributed by atoms with van der Waals surface area (Å²) in [5.74, 6) is -0.417. The van der Waals surface area contributed by atoms with Crippen LogP contribution < -0.4 is 0 Å². The van der Waals surface area contributed by atoms with E-state index in [1.165, 1.54) is 29.1 Å². The first-order valence-electron chi connectivity index (χ1n) is 4.05. The Morgan fingerprint density at radius 1 is 1.36 bits per heavy atom. The van der Waals surface area contributed by atoms with Crippen LogP contribution in [0.1, 0.15) is 0 Å². The van der Waals surface area contributed by atoms with Crippen molar-refractivity contribution in [1.29, 1.82) is 0 Å². The summed E-state index contributed by atoms with van der Waals surface area (Å²) in [6.07, 6.45) is -1.14. The molecule has 74 valence electrons. The Hall–Kier alpha value is -1.52. The SMILES string of the molecule is Fc1ccc2c(c1)ncn2CC(F)F. The van der Waals surface area contributed by atoms with Crippen LogP contribution in [0.5, 0.6) is 0 Å². The first kappa shape index (κ1) is 9.05. The number of hydrogen-bond acceptors (Lipinski definition) is 1. The van der Waals surface area contributed by atoms with E-state index < -0.39 is 18.8 Å². The molecule has 1 heterocycles. The average molecular weight is 200 g/mol. The van der Waals surface area contributed by atoms with Gasteiger partial charge in [0, 0.05) is 6.07 Å². The molecule has 0 saturated heterocycles. The largest absolute Gasteiger partial charge is 0.325 e. The number of benzene rings is 1. The third kappa shape index (κ3) is 1.57. The zero-order valence-electron chi connectivity index (χ0n) is 7.12. The third-order valence-corrected chi connectivity index (χ3v) is 1.92. The molecule has 0 fully saturated rings. The maximum absolute atomic E-state index is 12.7. The summed E-state index contributed by atoms with van der Waals surface area (Å²) in [5.41, 5.74) is 0.914. The Morgan fingerprint density at radius 2 is 2.14 bits per heavy atom. The molecule has 0 unspecified atom stereocenters. The average Bonchev–Trinajstić information content (AvgIpc) is 2.47. The van der Waals surface area contributed by atoms with Crippen molar-refractivity contribution in [2.45, 2.75) is 13.0 Å². The minimum atomic E-state index is -2.43. The molecule has 1 aromatic heterocycles. The van der Waals surface area contributed by atoms with Gasteiger partial charge in [-0.25, -0.2) is 18.2 Å². The number of aromatic nitrogens is 2. The Kier molecular flexibility index (Phi) is 2.15. The number of halogens is 3. The highest BCUT2D eigenvalue weighted by molar-refractivity contribution is 5.75. The molecular formula is C9H7F3N2. The van der Waals surface area contributed by atoms with E-state index >= 15 is 0 Å². The predicted octanol–water partition coefficient (Wildman–Crippen LogP) is 2.44. The van der Waals surface area contributed by atoms with Gasteiger partial charge in [-0.3, -0.25) is 0 Å². The standard InChI is InChI=1S/C9H7F3N2/c10-6-1-2-8-7(3-6)13-5-14(8)4-9(11)12/h1-3,5,9H,4H2. The maximum atomic E-state index is 12.7. The van der Waals surface area contributed by atoms with Crippen molar-refractivity contribution >= 4 is 11.0 Å². The molecule has 0 aliphatic heterocycles. The van der Waals surface area contributed by atoms with Gasteiger partial charge in [-0.15, -0.1) is 0 Å². The van der Waals surface area contributed by atoms with E-state index in [-0.39, 0.29) is 0 Å². The van der Waals surface area contributed by atoms with Crippen LogP contribution in [0.3, 0.4) is 0 Å². The van der Waals surface area contributed by atoms with Gasteiger partial charge < -0.3 is 4.57 Å². The lowest BCUT2D eigenvalue weighted by Crippen LogP contribution is -2.04. The fourth-order valence-corrected chi connectivity index (χ4v) is 1.33. The van der Waals surface area contributed by atoms with Crippen LogP contribution in [0.15, 0.2) is 24.5 Å². The van der Waals surface area contributed by atoms with E-state index in [1.807, 2.05) is 0 Å².